The maximum atomic E-state index is 13.3. The molecule has 3 aromatic rings. The number of carbonyl (C=O) groups is 2. The van der Waals surface area contributed by atoms with Gasteiger partial charge in [0.15, 0.2) is 6.61 Å². The lowest BCUT2D eigenvalue weighted by molar-refractivity contribution is -0.124. The van der Waals surface area contributed by atoms with E-state index in [1.807, 2.05) is 30.3 Å². The zero-order valence-electron chi connectivity index (χ0n) is 14.3. The predicted molar refractivity (Wildman–Crippen MR) is 105 cm³/mol. The summed E-state index contributed by atoms with van der Waals surface area (Å²) in [6.45, 7) is 0.108. The monoisotopic (exact) mass is 405 g/mol. The van der Waals surface area contributed by atoms with Crippen molar-refractivity contribution in [3.63, 3.8) is 0 Å². The Bertz CT molecular complexity index is 959. The number of hydrogen-bond acceptors (Lipinski definition) is 4. The summed E-state index contributed by atoms with van der Waals surface area (Å²) >= 11 is 7.21. The second kappa shape index (κ2) is 8.97. The molecule has 7 heteroatoms. The molecule has 0 unspecified atom stereocenters. The summed E-state index contributed by atoms with van der Waals surface area (Å²) < 4.78 is 18.9. The fraction of sp³-hybridized carbons (Fsp3) is 0.200. The van der Waals surface area contributed by atoms with Crippen molar-refractivity contribution in [2.75, 3.05) is 13.2 Å². The molecule has 0 aliphatic carbocycles. The summed E-state index contributed by atoms with van der Waals surface area (Å²) in [5.41, 5.74) is 1.20. The van der Waals surface area contributed by atoms with Crippen molar-refractivity contribution < 1.29 is 18.7 Å². The van der Waals surface area contributed by atoms with E-state index in [2.05, 4.69) is 5.32 Å². The standard InChI is InChI=1S/C20H17ClFNO3S/c21-18-15-9-8-14(22)11-16(15)27-19(18)20(25)26-12-17(24)23-10-4-7-13-5-2-1-3-6-13/h1-3,5-6,8-9,11H,4,7,10,12H2,(H,23,24). The zero-order valence-corrected chi connectivity index (χ0v) is 15.9. The third-order valence-corrected chi connectivity index (χ3v) is 5.56. The Hall–Kier alpha value is -2.44. The van der Waals surface area contributed by atoms with Crippen molar-refractivity contribution in [3.05, 3.63) is 69.8 Å². The molecule has 1 amide bonds. The largest absolute Gasteiger partial charge is 0.451 e. The highest BCUT2D eigenvalue weighted by Crippen LogP contribution is 2.36. The van der Waals surface area contributed by atoms with Gasteiger partial charge in [0.1, 0.15) is 10.7 Å². The van der Waals surface area contributed by atoms with Crippen LogP contribution in [-0.2, 0) is 16.0 Å². The Morgan fingerprint density at radius 2 is 1.93 bits per heavy atom. The molecule has 0 aliphatic heterocycles. The molecule has 2 aromatic carbocycles. The number of aryl methyl sites for hydroxylation is 1. The summed E-state index contributed by atoms with van der Waals surface area (Å²) in [7, 11) is 0. The number of thiophene rings is 1. The van der Waals surface area contributed by atoms with Gasteiger partial charge in [0.05, 0.1) is 5.02 Å². The highest BCUT2D eigenvalue weighted by Gasteiger charge is 2.19. The van der Waals surface area contributed by atoms with Crippen LogP contribution in [0.15, 0.2) is 48.5 Å². The van der Waals surface area contributed by atoms with E-state index in [1.165, 1.54) is 23.8 Å². The maximum absolute atomic E-state index is 13.3. The fourth-order valence-corrected chi connectivity index (χ4v) is 4.01. The lowest BCUT2D eigenvalue weighted by Crippen LogP contribution is -2.29. The lowest BCUT2D eigenvalue weighted by Gasteiger charge is -2.06. The van der Waals surface area contributed by atoms with Gasteiger partial charge in [-0.1, -0.05) is 41.9 Å². The van der Waals surface area contributed by atoms with Gasteiger partial charge in [-0.15, -0.1) is 11.3 Å². The normalized spacial score (nSPS) is 10.7. The van der Waals surface area contributed by atoms with Crippen LogP contribution >= 0.6 is 22.9 Å². The van der Waals surface area contributed by atoms with Crippen LogP contribution < -0.4 is 5.32 Å². The number of nitrogens with one attached hydrogen (secondary N) is 1. The molecule has 0 fully saturated rings. The highest BCUT2D eigenvalue weighted by atomic mass is 35.5. The van der Waals surface area contributed by atoms with E-state index < -0.39 is 11.8 Å². The van der Waals surface area contributed by atoms with Gasteiger partial charge in [-0.05, 0) is 36.6 Å². The minimum atomic E-state index is -0.693. The lowest BCUT2D eigenvalue weighted by atomic mass is 10.1. The molecule has 27 heavy (non-hydrogen) atoms. The van der Waals surface area contributed by atoms with Gasteiger partial charge in [-0.25, -0.2) is 9.18 Å². The average molecular weight is 406 g/mol. The van der Waals surface area contributed by atoms with Crippen LogP contribution in [0.1, 0.15) is 21.7 Å². The van der Waals surface area contributed by atoms with Crippen LogP contribution in [0.4, 0.5) is 4.39 Å². The molecule has 0 aliphatic rings. The van der Waals surface area contributed by atoms with Crippen molar-refractivity contribution in [1.29, 1.82) is 0 Å². The second-order valence-electron chi connectivity index (χ2n) is 5.90. The number of carbonyl (C=O) groups excluding carboxylic acids is 2. The topological polar surface area (TPSA) is 55.4 Å². The first kappa shape index (κ1) is 19.3. The van der Waals surface area contributed by atoms with Crippen molar-refractivity contribution in [1.82, 2.24) is 5.32 Å². The van der Waals surface area contributed by atoms with Crippen molar-refractivity contribution in [3.8, 4) is 0 Å². The van der Waals surface area contributed by atoms with Crippen LogP contribution in [0.5, 0.6) is 0 Å². The van der Waals surface area contributed by atoms with Crippen molar-refractivity contribution in [2.24, 2.45) is 0 Å². The van der Waals surface area contributed by atoms with Crippen LogP contribution in [0.25, 0.3) is 10.1 Å². The number of fused-ring (bicyclic) bond motifs is 1. The first-order valence-electron chi connectivity index (χ1n) is 8.40. The third-order valence-electron chi connectivity index (χ3n) is 3.92. The number of amides is 1. The first-order valence-corrected chi connectivity index (χ1v) is 9.59. The van der Waals surface area contributed by atoms with Gasteiger partial charge in [0.25, 0.3) is 5.91 Å². The van der Waals surface area contributed by atoms with Crippen LogP contribution in [0.3, 0.4) is 0 Å². The molecule has 3 rings (SSSR count). The van der Waals surface area contributed by atoms with E-state index >= 15 is 0 Å². The molecule has 4 nitrogen and oxygen atoms in total. The van der Waals surface area contributed by atoms with E-state index in [-0.39, 0.29) is 22.4 Å². The maximum Gasteiger partial charge on any atom is 0.350 e. The molecule has 1 heterocycles. The molecule has 0 saturated carbocycles. The predicted octanol–water partition coefficient (Wildman–Crippen LogP) is 4.60. The van der Waals surface area contributed by atoms with Gasteiger partial charge in [0, 0.05) is 16.6 Å². The van der Waals surface area contributed by atoms with Gasteiger partial charge >= 0.3 is 5.97 Å². The summed E-state index contributed by atoms with van der Waals surface area (Å²) in [6, 6.07) is 14.1. The third kappa shape index (κ3) is 5.05. The van der Waals surface area contributed by atoms with Crippen molar-refractivity contribution in [2.45, 2.75) is 12.8 Å². The van der Waals surface area contributed by atoms with E-state index in [0.717, 1.165) is 24.2 Å². The Morgan fingerprint density at radius 1 is 1.15 bits per heavy atom. The summed E-state index contributed by atoms with van der Waals surface area (Å²) in [5.74, 6) is -1.48. The quantitative estimate of drug-likeness (QED) is 0.461. The number of ether oxygens (including phenoxy) is 1. The van der Waals surface area contributed by atoms with E-state index in [9.17, 15) is 14.0 Å². The van der Waals surface area contributed by atoms with Gasteiger partial charge in [0.2, 0.25) is 0 Å². The molecule has 0 spiro atoms. The minimum Gasteiger partial charge on any atom is -0.451 e. The molecule has 1 N–H and O–H groups in total. The fourth-order valence-electron chi connectivity index (χ4n) is 2.58. The second-order valence-corrected chi connectivity index (χ2v) is 7.33. The molecule has 0 atom stereocenters. The molecule has 140 valence electrons. The SMILES string of the molecule is O=C(COC(=O)c1sc2cc(F)ccc2c1Cl)NCCCc1ccccc1. The summed E-state index contributed by atoms with van der Waals surface area (Å²) in [4.78, 5) is 24.2. The van der Waals surface area contributed by atoms with Crippen LogP contribution in [-0.4, -0.2) is 25.0 Å². The number of halogens is 2. The molecular weight excluding hydrogens is 389 g/mol. The van der Waals surface area contributed by atoms with E-state index in [1.54, 1.807) is 0 Å². The van der Waals surface area contributed by atoms with Gasteiger partial charge < -0.3 is 10.1 Å². The Labute approximate surface area is 164 Å². The Morgan fingerprint density at radius 3 is 2.70 bits per heavy atom. The molecular formula is C20H17ClFNO3S. The van der Waals surface area contributed by atoms with Gasteiger partial charge in [-0.2, -0.15) is 0 Å². The molecule has 0 saturated heterocycles. The van der Waals surface area contributed by atoms with Crippen LogP contribution in [0, 0.1) is 5.82 Å². The average Bonchev–Trinajstić information content (AvgIpc) is 3.00. The molecule has 0 radical (unpaired) electrons. The van der Waals surface area contributed by atoms with Crippen LogP contribution in [0.2, 0.25) is 5.02 Å². The smallest absolute Gasteiger partial charge is 0.350 e. The highest BCUT2D eigenvalue weighted by molar-refractivity contribution is 7.21. The number of hydrogen-bond donors (Lipinski definition) is 1. The molecule has 1 aromatic heterocycles. The van der Waals surface area contributed by atoms with E-state index in [4.69, 9.17) is 16.3 Å². The summed E-state index contributed by atoms with van der Waals surface area (Å²) in [6.07, 6.45) is 1.65. The summed E-state index contributed by atoms with van der Waals surface area (Å²) in [5, 5.41) is 3.51. The Balaban J connectivity index is 1.46. The number of benzene rings is 2. The number of rotatable bonds is 7. The Kier molecular flexibility index (Phi) is 6.42. The zero-order chi connectivity index (χ0) is 19.2. The van der Waals surface area contributed by atoms with Gasteiger partial charge in [-0.3, -0.25) is 4.79 Å². The molecule has 0 bridgehead atoms. The van der Waals surface area contributed by atoms with E-state index in [0.29, 0.717) is 16.6 Å². The van der Waals surface area contributed by atoms with Crippen molar-refractivity contribution >= 4 is 44.9 Å². The minimum absolute atomic E-state index is 0.161. The number of esters is 1. The first-order chi connectivity index (χ1) is 13.0.